The summed E-state index contributed by atoms with van der Waals surface area (Å²) in [6.45, 7) is 11.4. The SMILES string of the molecule is C=CCCN(CCCCCCOC1=CC[CH]C=C1)c1ccc(C(C)C)cc1. The van der Waals surface area contributed by atoms with Crippen molar-refractivity contribution in [2.75, 3.05) is 24.6 Å². The molecular weight excluding hydrogens is 330 g/mol. The first-order valence-electron chi connectivity index (χ1n) is 10.5. The van der Waals surface area contributed by atoms with Gasteiger partial charge in [0.2, 0.25) is 0 Å². The summed E-state index contributed by atoms with van der Waals surface area (Å²) >= 11 is 0. The quantitative estimate of drug-likeness (QED) is 0.280. The Labute approximate surface area is 166 Å². The van der Waals surface area contributed by atoms with E-state index >= 15 is 0 Å². The molecule has 1 aliphatic carbocycles. The number of benzene rings is 1. The number of ether oxygens (including phenoxy) is 1. The number of hydrogen-bond acceptors (Lipinski definition) is 2. The minimum atomic E-state index is 0.584. The molecule has 1 aromatic carbocycles. The molecular formula is C25H36NO. The van der Waals surface area contributed by atoms with Crippen molar-refractivity contribution in [2.24, 2.45) is 0 Å². The Hall–Kier alpha value is -1.96. The third-order valence-corrected chi connectivity index (χ3v) is 4.97. The first-order valence-corrected chi connectivity index (χ1v) is 10.5. The van der Waals surface area contributed by atoms with Gasteiger partial charge in [-0.05, 0) is 67.9 Å². The lowest BCUT2D eigenvalue weighted by Crippen LogP contribution is -2.25. The molecule has 0 aromatic heterocycles. The third-order valence-electron chi connectivity index (χ3n) is 4.97. The van der Waals surface area contributed by atoms with Crippen LogP contribution in [-0.2, 0) is 4.74 Å². The van der Waals surface area contributed by atoms with Gasteiger partial charge in [-0.2, -0.15) is 0 Å². The van der Waals surface area contributed by atoms with E-state index < -0.39 is 0 Å². The molecule has 27 heavy (non-hydrogen) atoms. The lowest BCUT2D eigenvalue weighted by molar-refractivity contribution is 0.215. The molecule has 0 amide bonds. The van der Waals surface area contributed by atoms with E-state index in [0.29, 0.717) is 5.92 Å². The Bertz CT molecular complexity index is 597. The maximum Gasteiger partial charge on any atom is 0.115 e. The van der Waals surface area contributed by atoms with Gasteiger partial charge >= 0.3 is 0 Å². The summed E-state index contributed by atoms with van der Waals surface area (Å²) in [5.41, 5.74) is 2.74. The standard InChI is InChI=1S/C25H36NO/c1-4-5-19-26(24-17-15-23(16-18-24)22(2)3)20-11-6-7-12-21-27-25-13-9-8-10-14-25/h4,8-9,13-18,22H,1,5-7,10-12,19-21H2,2-3H3. The summed E-state index contributed by atoms with van der Waals surface area (Å²) in [4.78, 5) is 2.50. The molecule has 0 saturated carbocycles. The molecule has 147 valence electrons. The summed E-state index contributed by atoms with van der Waals surface area (Å²) in [5, 5.41) is 0. The molecule has 2 heteroatoms. The summed E-state index contributed by atoms with van der Waals surface area (Å²) in [6.07, 6.45) is 17.3. The van der Waals surface area contributed by atoms with Crippen molar-refractivity contribution in [2.45, 2.75) is 58.3 Å². The van der Waals surface area contributed by atoms with E-state index in [1.165, 1.54) is 30.5 Å². The summed E-state index contributed by atoms with van der Waals surface area (Å²) < 4.78 is 5.80. The fraction of sp³-hybridized carbons (Fsp3) is 0.480. The fourth-order valence-electron chi connectivity index (χ4n) is 3.24. The normalized spacial score (nSPS) is 13.5. The number of allylic oxidation sites excluding steroid dienone is 3. The van der Waals surface area contributed by atoms with Crippen LogP contribution in [-0.4, -0.2) is 19.7 Å². The van der Waals surface area contributed by atoms with Crippen molar-refractivity contribution in [3.05, 3.63) is 72.9 Å². The Morgan fingerprint density at radius 3 is 2.52 bits per heavy atom. The summed E-state index contributed by atoms with van der Waals surface area (Å²) in [7, 11) is 0. The van der Waals surface area contributed by atoms with Crippen LogP contribution in [0.4, 0.5) is 5.69 Å². The zero-order valence-electron chi connectivity index (χ0n) is 17.2. The topological polar surface area (TPSA) is 12.5 Å². The minimum Gasteiger partial charge on any atom is -0.494 e. The Kier molecular flexibility index (Phi) is 9.83. The molecule has 0 spiro atoms. The van der Waals surface area contributed by atoms with Gasteiger partial charge in [-0.1, -0.05) is 51.0 Å². The van der Waals surface area contributed by atoms with Crippen LogP contribution < -0.4 is 4.90 Å². The second kappa shape index (κ2) is 12.4. The molecule has 1 aromatic rings. The summed E-state index contributed by atoms with van der Waals surface area (Å²) in [6, 6.07) is 9.08. The van der Waals surface area contributed by atoms with Crippen molar-refractivity contribution < 1.29 is 4.74 Å². The van der Waals surface area contributed by atoms with Gasteiger partial charge in [0.05, 0.1) is 6.61 Å². The van der Waals surface area contributed by atoms with E-state index in [0.717, 1.165) is 44.7 Å². The second-order valence-corrected chi connectivity index (χ2v) is 7.51. The van der Waals surface area contributed by atoms with Gasteiger partial charge in [-0.3, -0.25) is 0 Å². The van der Waals surface area contributed by atoms with E-state index in [9.17, 15) is 0 Å². The zero-order valence-corrected chi connectivity index (χ0v) is 17.2. The highest BCUT2D eigenvalue weighted by Gasteiger charge is 2.07. The number of unbranched alkanes of at least 4 members (excludes halogenated alkanes) is 3. The fourth-order valence-corrected chi connectivity index (χ4v) is 3.24. The zero-order chi connectivity index (χ0) is 19.3. The lowest BCUT2D eigenvalue weighted by Gasteiger charge is -2.25. The van der Waals surface area contributed by atoms with Crippen molar-refractivity contribution in [1.29, 1.82) is 0 Å². The van der Waals surface area contributed by atoms with Crippen molar-refractivity contribution in [3.63, 3.8) is 0 Å². The Morgan fingerprint density at radius 1 is 1.07 bits per heavy atom. The van der Waals surface area contributed by atoms with E-state index in [-0.39, 0.29) is 0 Å². The minimum absolute atomic E-state index is 0.584. The molecule has 2 nitrogen and oxygen atoms in total. The van der Waals surface area contributed by atoms with Crippen LogP contribution in [0.15, 0.2) is 60.9 Å². The first kappa shape index (κ1) is 21.3. The molecule has 0 aliphatic heterocycles. The highest BCUT2D eigenvalue weighted by atomic mass is 16.5. The molecule has 0 bridgehead atoms. The van der Waals surface area contributed by atoms with E-state index in [1.54, 1.807) is 0 Å². The van der Waals surface area contributed by atoms with Crippen LogP contribution in [0.2, 0.25) is 0 Å². The molecule has 2 rings (SSSR count). The van der Waals surface area contributed by atoms with Gasteiger partial charge in [0.25, 0.3) is 0 Å². The van der Waals surface area contributed by atoms with Gasteiger partial charge in [0, 0.05) is 18.8 Å². The van der Waals surface area contributed by atoms with Gasteiger partial charge < -0.3 is 9.64 Å². The predicted octanol–water partition coefficient (Wildman–Crippen LogP) is 6.82. The van der Waals surface area contributed by atoms with Crippen LogP contribution in [0, 0.1) is 6.42 Å². The number of anilines is 1. The molecule has 1 aliphatic rings. The molecule has 0 saturated heterocycles. The molecule has 1 radical (unpaired) electrons. The Balaban J connectivity index is 1.68. The maximum atomic E-state index is 5.80. The highest BCUT2D eigenvalue weighted by molar-refractivity contribution is 5.48. The highest BCUT2D eigenvalue weighted by Crippen LogP contribution is 2.21. The average molecular weight is 367 g/mol. The first-order chi connectivity index (χ1) is 13.2. The van der Waals surface area contributed by atoms with Gasteiger partial charge in [0.1, 0.15) is 5.76 Å². The van der Waals surface area contributed by atoms with Crippen LogP contribution in [0.1, 0.15) is 63.9 Å². The lowest BCUT2D eigenvalue weighted by atomic mass is 10.0. The van der Waals surface area contributed by atoms with Gasteiger partial charge in [-0.25, -0.2) is 0 Å². The van der Waals surface area contributed by atoms with Crippen molar-refractivity contribution in [3.8, 4) is 0 Å². The van der Waals surface area contributed by atoms with Gasteiger partial charge in [-0.15, -0.1) is 6.58 Å². The van der Waals surface area contributed by atoms with Crippen LogP contribution in [0.3, 0.4) is 0 Å². The molecule has 0 unspecified atom stereocenters. The molecule has 0 heterocycles. The van der Waals surface area contributed by atoms with Crippen LogP contribution in [0.25, 0.3) is 0 Å². The summed E-state index contributed by atoms with van der Waals surface area (Å²) in [5.74, 6) is 1.61. The number of nitrogens with zero attached hydrogens (tertiary/aromatic N) is 1. The Morgan fingerprint density at radius 2 is 1.85 bits per heavy atom. The molecule has 0 atom stereocenters. The predicted molar refractivity (Wildman–Crippen MR) is 118 cm³/mol. The van der Waals surface area contributed by atoms with E-state index in [1.807, 2.05) is 12.2 Å². The number of hydrogen-bond donors (Lipinski definition) is 0. The average Bonchev–Trinajstić information content (AvgIpc) is 2.70. The van der Waals surface area contributed by atoms with Crippen LogP contribution >= 0.6 is 0 Å². The smallest absolute Gasteiger partial charge is 0.115 e. The van der Waals surface area contributed by atoms with Crippen molar-refractivity contribution in [1.82, 2.24) is 0 Å². The van der Waals surface area contributed by atoms with E-state index in [2.05, 4.69) is 68.2 Å². The van der Waals surface area contributed by atoms with Crippen LogP contribution in [0.5, 0.6) is 0 Å². The van der Waals surface area contributed by atoms with Crippen molar-refractivity contribution >= 4 is 5.69 Å². The number of rotatable bonds is 13. The largest absolute Gasteiger partial charge is 0.494 e. The third kappa shape index (κ3) is 8.07. The maximum absolute atomic E-state index is 5.80. The molecule has 0 N–H and O–H groups in total. The second-order valence-electron chi connectivity index (χ2n) is 7.51. The van der Waals surface area contributed by atoms with E-state index in [4.69, 9.17) is 4.74 Å². The monoisotopic (exact) mass is 366 g/mol. The van der Waals surface area contributed by atoms with Gasteiger partial charge in [0.15, 0.2) is 0 Å². The molecule has 0 fully saturated rings.